The standard InChI is InChI=1S/C11H16Cl3F3O2/c1-4-19-8(18)6-9(2,3)7(12)5-10(13,15)11(14,16)17/h7H,4-6H2,1-3H3. The van der Waals surface area contributed by atoms with Crippen molar-refractivity contribution < 1.29 is 22.7 Å². The molecule has 0 saturated carbocycles. The number of halogens is 6. The Morgan fingerprint density at radius 3 is 2.11 bits per heavy atom. The minimum atomic E-state index is -4.25. The van der Waals surface area contributed by atoms with Crippen LogP contribution in [-0.4, -0.2) is 28.5 Å². The first kappa shape index (κ1) is 19.1. The van der Waals surface area contributed by atoms with Crippen molar-refractivity contribution in [1.82, 2.24) is 0 Å². The van der Waals surface area contributed by atoms with E-state index in [1.807, 2.05) is 0 Å². The van der Waals surface area contributed by atoms with Gasteiger partial charge in [-0.1, -0.05) is 25.4 Å². The SMILES string of the molecule is CCOC(=O)CC(C)(C)C(Cl)CC(F)(Cl)C(F)(F)Cl. The Morgan fingerprint density at radius 1 is 1.26 bits per heavy atom. The minimum Gasteiger partial charge on any atom is -0.466 e. The number of ether oxygens (including phenoxy) is 1. The maximum absolute atomic E-state index is 13.5. The molecule has 0 fully saturated rings. The Hall–Kier alpha value is 0.130. The molecule has 0 radical (unpaired) electrons. The first-order valence-electron chi connectivity index (χ1n) is 5.57. The van der Waals surface area contributed by atoms with E-state index in [4.69, 9.17) is 27.9 Å². The second kappa shape index (κ2) is 6.72. The summed E-state index contributed by atoms with van der Waals surface area (Å²) in [5.74, 6) is -0.546. The molecule has 114 valence electrons. The molecule has 0 saturated heterocycles. The van der Waals surface area contributed by atoms with Crippen molar-refractivity contribution in [2.75, 3.05) is 6.61 Å². The van der Waals surface area contributed by atoms with Crippen molar-refractivity contribution in [3.8, 4) is 0 Å². The normalized spacial score (nSPS) is 17.7. The number of rotatable bonds is 7. The average Bonchev–Trinajstić information content (AvgIpc) is 2.14. The summed E-state index contributed by atoms with van der Waals surface area (Å²) in [5, 5.41) is -8.85. The Kier molecular flexibility index (Phi) is 6.77. The smallest absolute Gasteiger partial charge is 0.369 e. The maximum Gasteiger partial charge on any atom is 0.369 e. The summed E-state index contributed by atoms with van der Waals surface area (Å²) >= 11 is 15.5. The van der Waals surface area contributed by atoms with Gasteiger partial charge < -0.3 is 4.74 Å². The van der Waals surface area contributed by atoms with Gasteiger partial charge in [0.2, 0.25) is 0 Å². The predicted molar refractivity (Wildman–Crippen MR) is 69.8 cm³/mol. The van der Waals surface area contributed by atoms with Crippen molar-refractivity contribution >= 4 is 40.8 Å². The van der Waals surface area contributed by atoms with Gasteiger partial charge in [-0.05, 0) is 23.9 Å². The fourth-order valence-corrected chi connectivity index (χ4v) is 1.91. The van der Waals surface area contributed by atoms with Gasteiger partial charge in [-0.3, -0.25) is 4.79 Å². The van der Waals surface area contributed by atoms with Crippen LogP contribution < -0.4 is 0 Å². The third kappa shape index (κ3) is 5.96. The highest BCUT2D eigenvalue weighted by molar-refractivity contribution is 6.33. The molecule has 2 atom stereocenters. The van der Waals surface area contributed by atoms with Crippen molar-refractivity contribution in [1.29, 1.82) is 0 Å². The van der Waals surface area contributed by atoms with Crippen molar-refractivity contribution in [3.63, 3.8) is 0 Å². The Labute approximate surface area is 125 Å². The average molecular weight is 344 g/mol. The van der Waals surface area contributed by atoms with E-state index in [9.17, 15) is 18.0 Å². The van der Waals surface area contributed by atoms with Crippen LogP contribution in [0, 0.1) is 5.41 Å². The van der Waals surface area contributed by atoms with Crippen LogP contribution in [0.15, 0.2) is 0 Å². The lowest BCUT2D eigenvalue weighted by atomic mass is 9.83. The highest BCUT2D eigenvalue weighted by Crippen LogP contribution is 2.46. The van der Waals surface area contributed by atoms with Gasteiger partial charge >= 0.3 is 11.4 Å². The lowest BCUT2D eigenvalue weighted by Crippen LogP contribution is -2.41. The van der Waals surface area contributed by atoms with Gasteiger partial charge in [-0.15, -0.1) is 11.6 Å². The second-order valence-electron chi connectivity index (χ2n) is 4.84. The molecule has 0 bridgehead atoms. The number of hydrogen-bond donors (Lipinski definition) is 0. The van der Waals surface area contributed by atoms with Crippen molar-refractivity contribution in [2.45, 2.75) is 49.5 Å². The quantitative estimate of drug-likeness (QED) is 0.495. The van der Waals surface area contributed by atoms with Crippen molar-refractivity contribution in [3.05, 3.63) is 0 Å². The molecule has 19 heavy (non-hydrogen) atoms. The third-order valence-corrected chi connectivity index (χ3v) is 4.14. The van der Waals surface area contributed by atoms with Crippen LogP contribution in [0.25, 0.3) is 0 Å². The van der Waals surface area contributed by atoms with Gasteiger partial charge in [0.25, 0.3) is 5.13 Å². The van der Waals surface area contributed by atoms with E-state index in [0.717, 1.165) is 0 Å². The highest BCUT2D eigenvalue weighted by Gasteiger charge is 2.54. The van der Waals surface area contributed by atoms with Crippen LogP contribution in [0.3, 0.4) is 0 Å². The fourth-order valence-electron chi connectivity index (χ4n) is 1.31. The van der Waals surface area contributed by atoms with Crippen LogP contribution in [0.2, 0.25) is 0 Å². The first-order chi connectivity index (χ1) is 8.33. The van der Waals surface area contributed by atoms with Crippen LogP contribution in [0.5, 0.6) is 0 Å². The van der Waals surface area contributed by atoms with Gasteiger partial charge in [0.1, 0.15) is 0 Å². The summed E-state index contributed by atoms with van der Waals surface area (Å²) in [7, 11) is 0. The zero-order valence-electron chi connectivity index (χ0n) is 10.8. The Bertz CT molecular complexity index is 317. The molecule has 0 aliphatic rings. The molecule has 8 heteroatoms. The predicted octanol–water partition coefficient (Wildman–Crippen LogP) is 4.70. The second-order valence-corrected chi connectivity index (χ2v) is 6.44. The molecule has 0 amide bonds. The number of carbonyl (C=O) groups excluding carboxylic acids is 1. The molecule has 0 aliphatic carbocycles. The molecule has 0 aromatic heterocycles. The van der Waals surface area contributed by atoms with Gasteiger partial charge in [0, 0.05) is 11.8 Å². The third-order valence-electron chi connectivity index (χ3n) is 2.60. The topological polar surface area (TPSA) is 26.3 Å². The van der Waals surface area contributed by atoms with E-state index in [0.29, 0.717) is 0 Å². The summed E-state index contributed by atoms with van der Waals surface area (Å²) in [6.07, 6.45) is -1.05. The number of hydrogen-bond acceptors (Lipinski definition) is 2. The zero-order valence-corrected chi connectivity index (χ0v) is 13.1. The van der Waals surface area contributed by atoms with Gasteiger partial charge in [0.15, 0.2) is 0 Å². The van der Waals surface area contributed by atoms with Crippen LogP contribution in [0.1, 0.15) is 33.6 Å². The molecule has 0 N–H and O–H groups in total. The highest BCUT2D eigenvalue weighted by atomic mass is 35.5. The van der Waals surface area contributed by atoms with Gasteiger partial charge in [-0.2, -0.15) is 8.78 Å². The van der Waals surface area contributed by atoms with Crippen LogP contribution in [-0.2, 0) is 9.53 Å². The maximum atomic E-state index is 13.5. The summed E-state index contributed by atoms with van der Waals surface area (Å²) in [5.41, 5.74) is -0.970. The van der Waals surface area contributed by atoms with E-state index in [2.05, 4.69) is 11.6 Å². The molecule has 0 aromatic rings. The molecule has 2 unspecified atom stereocenters. The lowest BCUT2D eigenvalue weighted by Gasteiger charge is -2.33. The molecular formula is C11H16Cl3F3O2. The molecule has 0 aromatic carbocycles. The molecule has 0 rings (SSSR count). The van der Waals surface area contributed by atoms with E-state index < -0.39 is 33.7 Å². The Morgan fingerprint density at radius 2 is 1.74 bits per heavy atom. The van der Waals surface area contributed by atoms with E-state index >= 15 is 0 Å². The first-order valence-corrected chi connectivity index (χ1v) is 6.77. The van der Waals surface area contributed by atoms with Gasteiger partial charge in [-0.25, -0.2) is 4.39 Å². The van der Waals surface area contributed by atoms with Crippen LogP contribution >= 0.6 is 34.8 Å². The fraction of sp³-hybridized carbons (Fsp3) is 0.909. The zero-order chi connectivity index (χ0) is 15.5. The monoisotopic (exact) mass is 342 g/mol. The summed E-state index contributed by atoms with van der Waals surface area (Å²) in [4.78, 5) is 11.3. The van der Waals surface area contributed by atoms with E-state index in [-0.39, 0.29) is 13.0 Å². The molecule has 2 nitrogen and oxygen atoms in total. The van der Waals surface area contributed by atoms with E-state index in [1.165, 1.54) is 13.8 Å². The summed E-state index contributed by atoms with van der Waals surface area (Å²) < 4.78 is 43.8. The minimum absolute atomic E-state index is 0.143. The van der Waals surface area contributed by atoms with Gasteiger partial charge in [0.05, 0.1) is 13.0 Å². The van der Waals surface area contributed by atoms with E-state index in [1.54, 1.807) is 6.92 Å². The molecule has 0 aliphatic heterocycles. The number of alkyl halides is 6. The molecule has 0 spiro atoms. The summed E-state index contributed by atoms with van der Waals surface area (Å²) in [6.45, 7) is 4.87. The van der Waals surface area contributed by atoms with Crippen molar-refractivity contribution in [2.24, 2.45) is 5.41 Å². The lowest BCUT2D eigenvalue weighted by molar-refractivity contribution is -0.145. The largest absolute Gasteiger partial charge is 0.466 e. The number of carbonyl (C=O) groups is 1. The summed E-state index contributed by atoms with van der Waals surface area (Å²) in [6, 6.07) is 0. The molecule has 0 heterocycles. The Balaban J connectivity index is 4.72. The molecular weight excluding hydrogens is 327 g/mol. The number of esters is 1. The van der Waals surface area contributed by atoms with Crippen LogP contribution in [0.4, 0.5) is 13.2 Å².